The lowest BCUT2D eigenvalue weighted by atomic mass is 10.0. The van der Waals surface area contributed by atoms with Gasteiger partial charge in [-0.15, -0.1) is 0 Å². The van der Waals surface area contributed by atoms with Gasteiger partial charge in [0.1, 0.15) is 5.58 Å². The first kappa shape index (κ1) is 15.5. The Kier molecular flexibility index (Phi) is 4.30. The SMILES string of the molecule is Cc1ccc2c(CN[C@@H](C)c3ccccc3)cc(=O)oc2c1C. The van der Waals surface area contributed by atoms with Crippen molar-refractivity contribution >= 4 is 11.0 Å². The summed E-state index contributed by atoms with van der Waals surface area (Å²) in [6.45, 7) is 6.76. The lowest BCUT2D eigenvalue weighted by Gasteiger charge is -2.15. The lowest BCUT2D eigenvalue weighted by Crippen LogP contribution is -2.19. The number of hydrogen-bond acceptors (Lipinski definition) is 3. The molecule has 0 aliphatic heterocycles. The number of aryl methyl sites for hydroxylation is 2. The smallest absolute Gasteiger partial charge is 0.336 e. The molecular weight excluding hydrogens is 286 g/mol. The van der Waals surface area contributed by atoms with E-state index in [4.69, 9.17) is 4.42 Å². The van der Waals surface area contributed by atoms with Crippen LogP contribution >= 0.6 is 0 Å². The number of benzene rings is 2. The highest BCUT2D eigenvalue weighted by Gasteiger charge is 2.11. The van der Waals surface area contributed by atoms with Gasteiger partial charge in [0.25, 0.3) is 0 Å². The van der Waals surface area contributed by atoms with Gasteiger partial charge in [0.2, 0.25) is 0 Å². The lowest BCUT2D eigenvalue weighted by molar-refractivity contribution is 0.545. The van der Waals surface area contributed by atoms with Gasteiger partial charge < -0.3 is 9.73 Å². The number of fused-ring (bicyclic) bond motifs is 1. The predicted octanol–water partition coefficient (Wildman–Crippen LogP) is 4.26. The fraction of sp³-hybridized carbons (Fsp3) is 0.250. The van der Waals surface area contributed by atoms with Gasteiger partial charge in [-0.25, -0.2) is 4.79 Å². The molecule has 0 spiro atoms. The standard InChI is InChI=1S/C20H21NO2/c1-13-9-10-18-17(11-19(22)23-20(18)14(13)2)12-21-15(3)16-7-5-4-6-8-16/h4-11,15,21H,12H2,1-3H3/t15-/m0/s1. The van der Waals surface area contributed by atoms with Crippen molar-refractivity contribution in [2.75, 3.05) is 0 Å². The molecule has 23 heavy (non-hydrogen) atoms. The van der Waals surface area contributed by atoms with Crippen LogP contribution in [-0.2, 0) is 6.54 Å². The Morgan fingerprint density at radius 2 is 1.83 bits per heavy atom. The van der Waals surface area contributed by atoms with Crippen LogP contribution < -0.4 is 10.9 Å². The summed E-state index contributed by atoms with van der Waals surface area (Å²) in [7, 11) is 0. The van der Waals surface area contributed by atoms with Crippen LogP contribution in [0.5, 0.6) is 0 Å². The van der Waals surface area contributed by atoms with Gasteiger partial charge in [-0.2, -0.15) is 0 Å². The summed E-state index contributed by atoms with van der Waals surface area (Å²) in [6.07, 6.45) is 0. The molecule has 2 aromatic carbocycles. The van der Waals surface area contributed by atoms with E-state index in [1.54, 1.807) is 6.07 Å². The third-order valence-electron chi connectivity index (χ3n) is 4.42. The summed E-state index contributed by atoms with van der Waals surface area (Å²) in [5.41, 5.74) is 4.76. The largest absolute Gasteiger partial charge is 0.422 e. The zero-order valence-corrected chi connectivity index (χ0v) is 13.7. The summed E-state index contributed by atoms with van der Waals surface area (Å²) >= 11 is 0. The normalized spacial score (nSPS) is 12.5. The number of nitrogens with one attached hydrogen (secondary N) is 1. The Hall–Kier alpha value is -2.39. The zero-order chi connectivity index (χ0) is 16.4. The number of rotatable bonds is 4. The van der Waals surface area contributed by atoms with E-state index in [-0.39, 0.29) is 11.7 Å². The third-order valence-corrected chi connectivity index (χ3v) is 4.42. The minimum atomic E-state index is -0.296. The van der Waals surface area contributed by atoms with E-state index in [0.717, 1.165) is 22.1 Å². The van der Waals surface area contributed by atoms with Gasteiger partial charge in [0.05, 0.1) is 0 Å². The molecule has 0 unspecified atom stereocenters. The monoisotopic (exact) mass is 307 g/mol. The van der Waals surface area contributed by atoms with Crippen molar-refractivity contribution < 1.29 is 4.42 Å². The second kappa shape index (κ2) is 6.39. The van der Waals surface area contributed by atoms with Crippen LogP contribution in [0.2, 0.25) is 0 Å². The Labute approximate surface area is 136 Å². The fourth-order valence-corrected chi connectivity index (χ4v) is 2.79. The quantitative estimate of drug-likeness (QED) is 0.732. The molecule has 0 amide bonds. The van der Waals surface area contributed by atoms with Crippen molar-refractivity contribution in [2.45, 2.75) is 33.4 Å². The Morgan fingerprint density at radius 1 is 1.09 bits per heavy atom. The molecule has 1 atom stereocenters. The maximum Gasteiger partial charge on any atom is 0.336 e. The van der Waals surface area contributed by atoms with Gasteiger partial charge >= 0.3 is 5.63 Å². The molecular formula is C20H21NO2. The maximum atomic E-state index is 11.9. The van der Waals surface area contributed by atoms with Crippen LogP contribution in [-0.4, -0.2) is 0 Å². The molecule has 0 bridgehead atoms. The zero-order valence-electron chi connectivity index (χ0n) is 13.7. The second-order valence-corrected chi connectivity index (χ2v) is 5.99. The van der Waals surface area contributed by atoms with E-state index < -0.39 is 0 Å². The molecule has 1 heterocycles. The van der Waals surface area contributed by atoms with Crippen LogP contribution in [0.1, 0.15) is 35.2 Å². The molecule has 1 aromatic heterocycles. The minimum Gasteiger partial charge on any atom is -0.422 e. The number of hydrogen-bond donors (Lipinski definition) is 1. The van der Waals surface area contributed by atoms with E-state index in [0.29, 0.717) is 12.1 Å². The van der Waals surface area contributed by atoms with E-state index in [1.807, 2.05) is 38.1 Å². The molecule has 0 saturated carbocycles. The maximum absolute atomic E-state index is 11.9. The van der Waals surface area contributed by atoms with Gasteiger partial charge in [0, 0.05) is 24.0 Å². The summed E-state index contributed by atoms with van der Waals surface area (Å²) in [5.74, 6) is 0. The summed E-state index contributed by atoms with van der Waals surface area (Å²) < 4.78 is 5.42. The molecule has 0 fully saturated rings. The van der Waals surface area contributed by atoms with Crippen LogP contribution in [0, 0.1) is 13.8 Å². The highest BCUT2D eigenvalue weighted by molar-refractivity contribution is 5.83. The van der Waals surface area contributed by atoms with E-state index in [9.17, 15) is 4.79 Å². The van der Waals surface area contributed by atoms with Crippen molar-refractivity contribution in [3.63, 3.8) is 0 Å². The van der Waals surface area contributed by atoms with Gasteiger partial charge in [-0.3, -0.25) is 0 Å². The van der Waals surface area contributed by atoms with Gasteiger partial charge in [0.15, 0.2) is 0 Å². The Balaban J connectivity index is 1.91. The molecule has 1 N–H and O–H groups in total. The Morgan fingerprint density at radius 3 is 2.57 bits per heavy atom. The van der Waals surface area contributed by atoms with Crippen LogP contribution in [0.25, 0.3) is 11.0 Å². The van der Waals surface area contributed by atoms with E-state index in [1.165, 1.54) is 5.56 Å². The van der Waals surface area contributed by atoms with Crippen LogP contribution in [0.4, 0.5) is 0 Å². The molecule has 3 aromatic rings. The second-order valence-electron chi connectivity index (χ2n) is 5.99. The van der Waals surface area contributed by atoms with Crippen molar-refractivity contribution in [1.29, 1.82) is 0 Å². The molecule has 3 heteroatoms. The summed E-state index contributed by atoms with van der Waals surface area (Å²) in [5, 5.41) is 4.49. The fourth-order valence-electron chi connectivity index (χ4n) is 2.79. The first-order valence-corrected chi connectivity index (χ1v) is 7.87. The van der Waals surface area contributed by atoms with Crippen LogP contribution in [0.15, 0.2) is 57.7 Å². The molecule has 0 aliphatic carbocycles. The topological polar surface area (TPSA) is 42.2 Å². The van der Waals surface area contributed by atoms with Crippen molar-refractivity contribution in [3.05, 3.63) is 81.2 Å². The molecule has 0 radical (unpaired) electrons. The molecule has 3 rings (SSSR count). The average molecular weight is 307 g/mol. The summed E-state index contributed by atoms with van der Waals surface area (Å²) in [6, 6.07) is 16.2. The highest BCUT2D eigenvalue weighted by Crippen LogP contribution is 2.23. The van der Waals surface area contributed by atoms with Gasteiger partial charge in [-0.1, -0.05) is 42.5 Å². The van der Waals surface area contributed by atoms with E-state index >= 15 is 0 Å². The summed E-state index contributed by atoms with van der Waals surface area (Å²) in [4.78, 5) is 11.9. The van der Waals surface area contributed by atoms with Crippen molar-refractivity contribution in [2.24, 2.45) is 0 Å². The molecule has 0 aliphatic rings. The van der Waals surface area contributed by atoms with Crippen LogP contribution in [0.3, 0.4) is 0 Å². The van der Waals surface area contributed by atoms with Crippen molar-refractivity contribution in [3.8, 4) is 0 Å². The molecule has 3 nitrogen and oxygen atoms in total. The first-order valence-electron chi connectivity index (χ1n) is 7.87. The van der Waals surface area contributed by atoms with Crippen molar-refractivity contribution in [1.82, 2.24) is 5.32 Å². The molecule has 0 saturated heterocycles. The predicted molar refractivity (Wildman–Crippen MR) is 93.7 cm³/mol. The first-order chi connectivity index (χ1) is 11.1. The average Bonchev–Trinajstić information content (AvgIpc) is 2.57. The third kappa shape index (κ3) is 3.20. The van der Waals surface area contributed by atoms with E-state index in [2.05, 4.69) is 30.4 Å². The molecule has 118 valence electrons. The van der Waals surface area contributed by atoms with Gasteiger partial charge in [-0.05, 0) is 43.0 Å². The minimum absolute atomic E-state index is 0.213. The Bertz CT molecular complexity index is 881. The highest BCUT2D eigenvalue weighted by atomic mass is 16.4.